The molecule has 0 aliphatic heterocycles. The van der Waals surface area contributed by atoms with Crippen molar-refractivity contribution in [2.45, 2.75) is 0 Å². The van der Waals surface area contributed by atoms with Gasteiger partial charge in [-0.05, 0) is 50.1 Å². The Balaban J connectivity index is 3.27. The summed E-state index contributed by atoms with van der Waals surface area (Å²) in [7, 11) is 1.57. The van der Waals surface area contributed by atoms with E-state index in [0.29, 0.717) is 11.3 Å². The molecule has 0 unspecified atom stereocenters. The Labute approximate surface area is 99.2 Å². The molecule has 0 fully saturated rings. The number of ketones is 1. The third-order valence-electron chi connectivity index (χ3n) is 1.67. The normalized spacial score (nSPS) is 9.64. The van der Waals surface area contributed by atoms with Gasteiger partial charge >= 0.3 is 0 Å². The third-order valence-corrected chi connectivity index (χ3v) is 2.85. The van der Waals surface area contributed by atoms with Crippen LogP contribution in [0.25, 0.3) is 0 Å². The van der Waals surface area contributed by atoms with Gasteiger partial charge in [-0.2, -0.15) is 0 Å². The van der Waals surface area contributed by atoms with Gasteiger partial charge in [-0.25, -0.2) is 0 Å². The molecule has 0 heterocycles. The zero-order valence-electron chi connectivity index (χ0n) is 7.51. The van der Waals surface area contributed by atoms with E-state index in [2.05, 4.69) is 38.4 Å². The highest BCUT2D eigenvalue weighted by Crippen LogP contribution is 2.34. The molecule has 1 aromatic rings. The van der Waals surface area contributed by atoms with Crippen molar-refractivity contribution >= 4 is 37.6 Å². The van der Waals surface area contributed by atoms with Crippen molar-refractivity contribution in [2.75, 3.05) is 7.11 Å². The Bertz CT molecular complexity index is 363. The Morgan fingerprint density at radius 1 is 1.43 bits per heavy atom. The van der Waals surface area contributed by atoms with Crippen LogP contribution in [-0.4, -0.2) is 12.9 Å². The van der Waals surface area contributed by atoms with Crippen molar-refractivity contribution in [3.63, 3.8) is 0 Å². The summed E-state index contributed by atoms with van der Waals surface area (Å²) >= 11 is 6.63. The molecule has 0 aromatic heterocycles. The number of carbonyl (C=O) groups excluding carboxylic acids is 1. The summed E-state index contributed by atoms with van der Waals surface area (Å²) in [4.78, 5) is 11.3. The summed E-state index contributed by atoms with van der Waals surface area (Å²) in [5, 5.41) is 0. The number of rotatable bonds is 3. The van der Waals surface area contributed by atoms with E-state index in [1.165, 1.54) is 6.08 Å². The number of hydrogen-bond acceptors (Lipinski definition) is 2. The van der Waals surface area contributed by atoms with Gasteiger partial charge in [0.05, 0.1) is 16.1 Å². The Morgan fingerprint density at radius 2 is 1.93 bits per heavy atom. The van der Waals surface area contributed by atoms with Gasteiger partial charge in [0.2, 0.25) is 0 Å². The van der Waals surface area contributed by atoms with E-state index >= 15 is 0 Å². The fraction of sp³-hybridized carbons (Fsp3) is 0.100. The van der Waals surface area contributed by atoms with Crippen molar-refractivity contribution in [3.8, 4) is 5.75 Å². The van der Waals surface area contributed by atoms with Crippen LogP contribution in [0.15, 0.2) is 33.7 Å². The van der Waals surface area contributed by atoms with Crippen LogP contribution in [0.2, 0.25) is 0 Å². The molecule has 0 saturated heterocycles. The van der Waals surface area contributed by atoms with Crippen molar-refractivity contribution in [2.24, 2.45) is 0 Å². The Hall–Kier alpha value is -0.610. The van der Waals surface area contributed by atoms with Gasteiger partial charge in [0.25, 0.3) is 0 Å². The quantitative estimate of drug-likeness (QED) is 0.628. The summed E-state index contributed by atoms with van der Waals surface area (Å²) in [6.45, 7) is 3.43. The maximum Gasteiger partial charge on any atom is 0.185 e. The van der Waals surface area contributed by atoms with Crippen molar-refractivity contribution in [1.82, 2.24) is 0 Å². The second-order valence-electron chi connectivity index (χ2n) is 2.54. The van der Waals surface area contributed by atoms with E-state index in [-0.39, 0.29) is 5.78 Å². The first-order valence-electron chi connectivity index (χ1n) is 3.80. The molecule has 0 bridgehead atoms. The number of carbonyl (C=O) groups is 1. The largest absolute Gasteiger partial charge is 0.494 e. The zero-order valence-corrected chi connectivity index (χ0v) is 10.7. The minimum absolute atomic E-state index is 0.117. The molecule has 0 atom stereocenters. The lowest BCUT2D eigenvalue weighted by Crippen LogP contribution is -1.95. The highest BCUT2D eigenvalue weighted by atomic mass is 79.9. The number of methoxy groups -OCH3 is 1. The fourth-order valence-electron chi connectivity index (χ4n) is 1.02. The SMILES string of the molecule is C=CC(=O)c1cc(Br)c(OC)c(Br)c1. The van der Waals surface area contributed by atoms with Crippen LogP contribution in [0.4, 0.5) is 0 Å². The maximum atomic E-state index is 11.3. The monoisotopic (exact) mass is 318 g/mol. The predicted octanol–water partition coefficient (Wildman–Crippen LogP) is 3.59. The van der Waals surface area contributed by atoms with E-state index < -0.39 is 0 Å². The van der Waals surface area contributed by atoms with Crippen LogP contribution in [0.1, 0.15) is 10.4 Å². The number of benzene rings is 1. The molecule has 2 nitrogen and oxygen atoms in total. The molecular formula is C10H8Br2O2. The molecule has 1 aromatic carbocycles. The fourth-order valence-corrected chi connectivity index (χ4v) is 2.53. The molecule has 1 rings (SSSR count). The van der Waals surface area contributed by atoms with Crippen LogP contribution < -0.4 is 4.74 Å². The van der Waals surface area contributed by atoms with E-state index in [1.807, 2.05) is 0 Å². The summed E-state index contributed by atoms with van der Waals surface area (Å²) in [6, 6.07) is 3.40. The van der Waals surface area contributed by atoms with Gasteiger partial charge in [-0.3, -0.25) is 4.79 Å². The molecule has 0 radical (unpaired) electrons. The molecule has 0 spiro atoms. The first-order valence-corrected chi connectivity index (χ1v) is 5.38. The molecule has 14 heavy (non-hydrogen) atoms. The highest BCUT2D eigenvalue weighted by Gasteiger charge is 2.10. The van der Waals surface area contributed by atoms with Gasteiger partial charge < -0.3 is 4.74 Å². The van der Waals surface area contributed by atoms with Gasteiger partial charge in [0, 0.05) is 5.56 Å². The molecule has 0 saturated carbocycles. The predicted molar refractivity (Wildman–Crippen MR) is 62.9 cm³/mol. The summed E-state index contributed by atoms with van der Waals surface area (Å²) in [6.07, 6.45) is 1.28. The molecule has 0 N–H and O–H groups in total. The summed E-state index contributed by atoms with van der Waals surface area (Å²) in [5.74, 6) is 0.555. The van der Waals surface area contributed by atoms with Crippen LogP contribution in [-0.2, 0) is 0 Å². The minimum atomic E-state index is -0.117. The van der Waals surface area contributed by atoms with Crippen LogP contribution in [0, 0.1) is 0 Å². The summed E-state index contributed by atoms with van der Waals surface area (Å²) in [5.41, 5.74) is 0.569. The minimum Gasteiger partial charge on any atom is -0.494 e. The van der Waals surface area contributed by atoms with Gasteiger partial charge in [0.15, 0.2) is 5.78 Å². The van der Waals surface area contributed by atoms with E-state index in [4.69, 9.17) is 4.74 Å². The zero-order chi connectivity index (χ0) is 10.7. The number of hydrogen-bond donors (Lipinski definition) is 0. The third kappa shape index (κ3) is 2.25. The Morgan fingerprint density at radius 3 is 2.29 bits per heavy atom. The molecule has 0 aliphatic carbocycles. The Kier molecular flexibility index (Phi) is 3.89. The molecular weight excluding hydrogens is 312 g/mol. The highest BCUT2D eigenvalue weighted by molar-refractivity contribution is 9.11. The topological polar surface area (TPSA) is 26.3 Å². The van der Waals surface area contributed by atoms with Crippen molar-refractivity contribution < 1.29 is 9.53 Å². The lowest BCUT2D eigenvalue weighted by atomic mass is 10.1. The smallest absolute Gasteiger partial charge is 0.185 e. The van der Waals surface area contributed by atoms with E-state index in [9.17, 15) is 4.79 Å². The second-order valence-corrected chi connectivity index (χ2v) is 4.25. The lowest BCUT2D eigenvalue weighted by molar-refractivity contribution is 0.104. The molecule has 74 valence electrons. The summed E-state index contributed by atoms with van der Waals surface area (Å²) < 4.78 is 6.58. The van der Waals surface area contributed by atoms with Crippen LogP contribution >= 0.6 is 31.9 Å². The van der Waals surface area contributed by atoms with Gasteiger partial charge in [-0.15, -0.1) is 0 Å². The van der Waals surface area contributed by atoms with Crippen molar-refractivity contribution in [3.05, 3.63) is 39.3 Å². The van der Waals surface area contributed by atoms with Gasteiger partial charge in [-0.1, -0.05) is 6.58 Å². The number of allylic oxidation sites excluding steroid dienone is 1. The molecule has 0 aliphatic rings. The first kappa shape index (κ1) is 11.5. The number of ether oxygens (including phenoxy) is 1. The average molecular weight is 320 g/mol. The van der Waals surface area contributed by atoms with Gasteiger partial charge in [0.1, 0.15) is 5.75 Å². The lowest BCUT2D eigenvalue weighted by Gasteiger charge is -2.07. The van der Waals surface area contributed by atoms with Crippen LogP contribution in [0.5, 0.6) is 5.75 Å². The van der Waals surface area contributed by atoms with E-state index in [1.54, 1.807) is 19.2 Å². The maximum absolute atomic E-state index is 11.3. The molecule has 4 heteroatoms. The molecule has 0 amide bonds. The number of halogens is 2. The second kappa shape index (κ2) is 4.75. The first-order chi connectivity index (χ1) is 6.60. The van der Waals surface area contributed by atoms with E-state index in [0.717, 1.165) is 8.95 Å². The average Bonchev–Trinajstić information content (AvgIpc) is 2.16. The van der Waals surface area contributed by atoms with Crippen LogP contribution in [0.3, 0.4) is 0 Å². The van der Waals surface area contributed by atoms with Crippen molar-refractivity contribution in [1.29, 1.82) is 0 Å². The standard InChI is InChI=1S/C10H8Br2O2/c1-3-9(13)6-4-7(11)10(14-2)8(12)5-6/h3-5H,1H2,2H3.